The number of halogens is 1. The van der Waals surface area contributed by atoms with Gasteiger partial charge in [0, 0.05) is 6.07 Å². The molecule has 0 aliphatic heterocycles. The maximum atomic E-state index is 13.5. The molecule has 1 N–H and O–H groups in total. The van der Waals surface area contributed by atoms with E-state index in [2.05, 4.69) is 0 Å². The lowest BCUT2D eigenvalue weighted by Gasteiger charge is -2.11. The van der Waals surface area contributed by atoms with Crippen LogP contribution in [0.5, 0.6) is 17.2 Å². The summed E-state index contributed by atoms with van der Waals surface area (Å²) >= 11 is 0. The quantitative estimate of drug-likeness (QED) is 0.896. The van der Waals surface area contributed by atoms with Crippen LogP contribution in [0.1, 0.15) is 12.5 Å². The third kappa shape index (κ3) is 3.23. The summed E-state index contributed by atoms with van der Waals surface area (Å²) in [4.78, 5) is 0. The lowest BCUT2D eigenvalue weighted by atomic mass is 10.2. The van der Waals surface area contributed by atoms with E-state index in [-0.39, 0.29) is 5.56 Å². The molecule has 0 fully saturated rings. The van der Waals surface area contributed by atoms with Crippen LogP contribution >= 0.6 is 0 Å². The summed E-state index contributed by atoms with van der Waals surface area (Å²) in [6, 6.07) is 11.5. The van der Waals surface area contributed by atoms with E-state index in [1.165, 1.54) is 12.1 Å². The summed E-state index contributed by atoms with van der Waals surface area (Å²) in [7, 11) is 0. The molecule has 0 unspecified atom stereocenters. The van der Waals surface area contributed by atoms with Crippen molar-refractivity contribution in [3.63, 3.8) is 0 Å². The molecule has 0 aromatic heterocycles. The van der Waals surface area contributed by atoms with Gasteiger partial charge in [-0.1, -0.05) is 12.1 Å². The number of hydrogen-bond acceptors (Lipinski definition) is 3. The Labute approximate surface area is 111 Å². The largest absolute Gasteiger partial charge is 0.494 e. The van der Waals surface area contributed by atoms with Crippen molar-refractivity contribution in [1.29, 1.82) is 0 Å². The zero-order valence-corrected chi connectivity index (χ0v) is 10.6. The number of benzene rings is 2. The first-order valence-corrected chi connectivity index (χ1v) is 6.03. The number of rotatable bonds is 5. The zero-order valence-electron chi connectivity index (χ0n) is 10.6. The Kier molecular flexibility index (Phi) is 4.36. The molecule has 0 radical (unpaired) electrons. The Balaban J connectivity index is 2.26. The summed E-state index contributed by atoms with van der Waals surface area (Å²) in [6.07, 6.45) is 0. The Morgan fingerprint density at radius 1 is 1.11 bits per heavy atom. The van der Waals surface area contributed by atoms with E-state index in [1.807, 2.05) is 13.0 Å². The molecule has 2 aromatic rings. The minimum Gasteiger partial charge on any atom is -0.494 e. The van der Waals surface area contributed by atoms with Gasteiger partial charge in [-0.25, -0.2) is 4.39 Å². The monoisotopic (exact) mass is 262 g/mol. The molecule has 2 rings (SSSR count). The fourth-order valence-electron chi connectivity index (χ4n) is 1.71. The van der Waals surface area contributed by atoms with Crippen molar-refractivity contribution in [3.8, 4) is 17.2 Å². The molecule has 100 valence electrons. The molecule has 3 nitrogen and oxygen atoms in total. The SMILES string of the molecule is CCOc1cccc(Oc2cccc(F)c2CO)c1. The van der Waals surface area contributed by atoms with Crippen LogP contribution in [0.2, 0.25) is 0 Å². The van der Waals surface area contributed by atoms with E-state index in [0.29, 0.717) is 23.9 Å². The zero-order chi connectivity index (χ0) is 13.7. The van der Waals surface area contributed by atoms with Crippen molar-refractivity contribution >= 4 is 0 Å². The van der Waals surface area contributed by atoms with Crippen LogP contribution < -0.4 is 9.47 Å². The van der Waals surface area contributed by atoms with Gasteiger partial charge in [-0.2, -0.15) is 0 Å². The van der Waals surface area contributed by atoms with E-state index in [9.17, 15) is 9.50 Å². The van der Waals surface area contributed by atoms with Crippen LogP contribution in [0.3, 0.4) is 0 Å². The van der Waals surface area contributed by atoms with Crippen molar-refractivity contribution in [2.45, 2.75) is 13.5 Å². The maximum Gasteiger partial charge on any atom is 0.135 e. The maximum absolute atomic E-state index is 13.5. The predicted octanol–water partition coefficient (Wildman–Crippen LogP) is 3.51. The Morgan fingerprint density at radius 2 is 1.84 bits per heavy atom. The fourth-order valence-corrected chi connectivity index (χ4v) is 1.71. The molecule has 0 amide bonds. The Morgan fingerprint density at radius 3 is 2.58 bits per heavy atom. The molecular weight excluding hydrogens is 247 g/mol. The highest BCUT2D eigenvalue weighted by Crippen LogP contribution is 2.29. The molecule has 0 aliphatic rings. The topological polar surface area (TPSA) is 38.7 Å². The highest BCUT2D eigenvalue weighted by Gasteiger charge is 2.09. The van der Waals surface area contributed by atoms with Crippen molar-refractivity contribution < 1.29 is 19.0 Å². The highest BCUT2D eigenvalue weighted by molar-refractivity contribution is 5.40. The van der Waals surface area contributed by atoms with Gasteiger partial charge in [-0.05, 0) is 31.2 Å². The second-order valence-electron chi connectivity index (χ2n) is 3.88. The summed E-state index contributed by atoms with van der Waals surface area (Å²) in [5, 5.41) is 9.17. The first-order chi connectivity index (χ1) is 9.24. The van der Waals surface area contributed by atoms with Gasteiger partial charge >= 0.3 is 0 Å². The average molecular weight is 262 g/mol. The number of aliphatic hydroxyl groups is 1. The molecule has 4 heteroatoms. The highest BCUT2D eigenvalue weighted by atomic mass is 19.1. The van der Waals surface area contributed by atoms with Gasteiger partial charge in [-0.15, -0.1) is 0 Å². The molecule has 0 heterocycles. The smallest absolute Gasteiger partial charge is 0.135 e. The minimum absolute atomic E-state index is 0.143. The van der Waals surface area contributed by atoms with E-state index in [1.54, 1.807) is 24.3 Å². The fraction of sp³-hybridized carbons (Fsp3) is 0.200. The predicted molar refractivity (Wildman–Crippen MR) is 70.0 cm³/mol. The second-order valence-corrected chi connectivity index (χ2v) is 3.88. The summed E-state index contributed by atoms with van der Waals surface area (Å²) < 4.78 is 24.4. The van der Waals surface area contributed by atoms with Gasteiger partial charge in [0.15, 0.2) is 0 Å². The van der Waals surface area contributed by atoms with Crippen LogP contribution in [0.25, 0.3) is 0 Å². The third-order valence-corrected chi connectivity index (χ3v) is 2.58. The molecule has 0 atom stereocenters. The Hall–Kier alpha value is -2.07. The molecule has 19 heavy (non-hydrogen) atoms. The standard InChI is InChI=1S/C15H15FO3/c1-2-18-11-5-3-6-12(9-11)19-15-8-4-7-14(16)13(15)10-17/h3-9,17H,2,10H2,1H3. The van der Waals surface area contributed by atoms with E-state index >= 15 is 0 Å². The van der Waals surface area contributed by atoms with E-state index in [0.717, 1.165) is 0 Å². The number of hydrogen-bond donors (Lipinski definition) is 1. The minimum atomic E-state index is -0.485. The average Bonchev–Trinajstić information content (AvgIpc) is 2.40. The normalized spacial score (nSPS) is 10.3. The van der Waals surface area contributed by atoms with Crippen molar-refractivity contribution in [2.75, 3.05) is 6.61 Å². The van der Waals surface area contributed by atoms with Crippen molar-refractivity contribution in [3.05, 3.63) is 53.8 Å². The molecule has 0 saturated carbocycles. The van der Waals surface area contributed by atoms with Crippen LogP contribution in [0, 0.1) is 5.82 Å². The Bertz CT molecular complexity index is 555. The lowest BCUT2D eigenvalue weighted by Crippen LogP contribution is -1.96. The van der Waals surface area contributed by atoms with Crippen LogP contribution in [0.4, 0.5) is 4.39 Å². The molecule has 0 bridgehead atoms. The number of aliphatic hydroxyl groups excluding tert-OH is 1. The van der Waals surface area contributed by atoms with Crippen LogP contribution in [-0.4, -0.2) is 11.7 Å². The van der Waals surface area contributed by atoms with E-state index < -0.39 is 12.4 Å². The molecule has 2 aromatic carbocycles. The van der Waals surface area contributed by atoms with Crippen molar-refractivity contribution in [1.82, 2.24) is 0 Å². The van der Waals surface area contributed by atoms with Gasteiger partial charge in [-0.3, -0.25) is 0 Å². The lowest BCUT2D eigenvalue weighted by molar-refractivity contribution is 0.269. The molecular formula is C15H15FO3. The summed E-state index contributed by atoms with van der Waals surface area (Å²) in [6.45, 7) is 2.04. The summed E-state index contributed by atoms with van der Waals surface area (Å²) in [5.41, 5.74) is 0.143. The molecule has 0 saturated heterocycles. The van der Waals surface area contributed by atoms with Gasteiger partial charge in [0.1, 0.15) is 23.1 Å². The van der Waals surface area contributed by atoms with E-state index in [4.69, 9.17) is 9.47 Å². The van der Waals surface area contributed by atoms with Crippen LogP contribution in [0.15, 0.2) is 42.5 Å². The third-order valence-electron chi connectivity index (χ3n) is 2.58. The summed E-state index contributed by atoms with van der Waals surface area (Å²) in [5.74, 6) is 1.03. The molecule has 0 aliphatic carbocycles. The first kappa shape index (κ1) is 13.4. The van der Waals surface area contributed by atoms with Gasteiger partial charge in [0.2, 0.25) is 0 Å². The second kappa shape index (κ2) is 6.20. The van der Waals surface area contributed by atoms with Crippen LogP contribution in [-0.2, 0) is 6.61 Å². The van der Waals surface area contributed by atoms with Gasteiger partial charge in [0.05, 0.1) is 18.8 Å². The van der Waals surface area contributed by atoms with Gasteiger partial charge in [0.25, 0.3) is 0 Å². The van der Waals surface area contributed by atoms with Gasteiger partial charge < -0.3 is 14.6 Å². The number of ether oxygens (including phenoxy) is 2. The van der Waals surface area contributed by atoms with Crippen molar-refractivity contribution in [2.24, 2.45) is 0 Å². The molecule has 0 spiro atoms. The first-order valence-electron chi connectivity index (χ1n) is 6.03.